The molecule has 2 amide bonds. The lowest BCUT2D eigenvalue weighted by molar-refractivity contribution is -0.133. The highest BCUT2D eigenvalue weighted by Gasteiger charge is 2.37. The number of rotatable bonds is 3. The molecule has 0 aromatic heterocycles. The number of amides is 2. The number of carbonyl (C=O) groups is 2. The van der Waals surface area contributed by atoms with Gasteiger partial charge in [0.2, 0.25) is 5.91 Å². The monoisotopic (exact) mass is 360 g/mol. The average molecular weight is 360 g/mol. The minimum atomic E-state index is -3.16. The van der Waals surface area contributed by atoms with E-state index in [1.165, 1.54) is 6.07 Å². The van der Waals surface area contributed by atoms with Crippen LogP contribution in [0.5, 0.6) is 0 Å². The minimum absolute atomic E-state index is 0.0272. The molecule has 1 atom stereocenters. The summed E-state index contributed by atoms with van der Waals surface area (Å²) in [6.07, 6.45) is 0.635. The van der Waals surface area contributed by atoms with Gasteiger partial charge in [-0.15, -0.1) is 0 Å². The fourth-order valence-corrected chi connectivity index (χ4v) is 4.55. The molecule has 8 nitrogen and oxygen atoms in total. The van der Waals surface area contributed by atoms with Crippen molar-refractivity contribution in [2.75, 3.05) is 16.8 Å². The second kappa shape index (κ2) is 6.64. The lowest BCUT2D eigenvalue weighted by Gasteiger charge is -2.27. The van der Waals surface area contributed by atoms with Crippen LogP contribution in [0.4, 0.5) is 5.69 Å². The number of hydrazone groups is 1. The van der Waals surface area contributed by atoms with E-state index in [-0.39, 0.29) is 36.0 Å². The first-order valence-electron chi connectivity index (χ1n) is 7.79. The SMILES string of the molecule is N#Cc1cccc(NC(=O)C2=NN([C@H]3CCS(=O)(=O)C3)C(=O)CC2)c1. The quantitative estimate of drug-likeness (QED) is 0.849. The van der Waals surface area contributed by atoms with Crippen LogP contribution in [0.2, 0.25) is 0 Å². The molecule has 1 aromatic rings. The standard InChI is InChI=1S/C16H16N4O4S/c17-9-11-2-1-3-12(8-11)18-16(22)14-4-5-15(21)20(19-14)13-6-7-25(23,24)10-13/h1-3,8,13H,4-7,10H2,(H,18,22)/t13-/m0/s1. The van der Waals surface area contributed by atoms with Crippen molar-refractivity contribution >= 4 is 33.1 Å². The van der Waals surface area contributed by atoms with Gasteiger partial charge < -0.3 is 5.32 Å². The first kappa shape index (κ1) is 17.1. The van der Waals surface area contributed by atoms with E-state index in [0.717, 1.165) is 5.01 Å². The number of hydrogen-bond acceptors (Lipinski definition) is 6. The Morgan fingerprint density at radius 1 is 1.36 bits per heavy atom. The molecule has 1 saturated heterocycles. The van der Waals surface area contributed by atoms with Crippen LogP contribution in [0, 0.1) is 11.3 Å². The van der Waals surface area contributed by atoms with Gasteiger partial charge >= 0.3 is 0 Å². The van der Waals surface area contributed by atoms with Crippen LogP contribution in [-0.2, 0) is 19.4 Å². The van der Waals surface area contributed by atoms with Crippen molar-refractivity contribution in [2.24, 2.45) is 5.10 Å². The van der Waals surface area contributed by atoms with Gasteiger partial charge in [0, 0.05) is 18.5 Å². The molecule has 2 aliphatic heterocycles. The fourth-order valence-electron chi connectivity index (χ4n) is 2.86. The zero-order chi connectivity index (χ0) is 18.0. The molecule has 0 saturated carbocycles. The Bertz CT molecular complexity index is 901. The van der Waals surface area contributed by atoms with Gasteiger partial charge in [-0.05, 0) is 24.6 Å². The Morgan fingerprint density at radius 2 is 2.16 bits per heavy atom. The molecule has 1 aromatic carbocycles. The van der Waals surface area contributed by atoms with Crippen LogP contribution in [-0.4, -0.2) is 48.5 Å². The van der Waals surface area contributed by atoms with Gasteiger partial charge in [0.25, 0.3) is 5.91 Å². The number of nitrogens with zero attached hydrogens (tertiary/aromatic N) is 3. The lowest BCUT2D eigenvalue weighted by atomic mass is 10.1. The van der Waals surface area contributed by atoms with Gasteiger partial charge in [0.05, 0.1) is 29.2 Å². The number of nitrogens with one attached hydrogen (secondary N) is 1. The summed E-state index contributed by atoms with van der Waals surface area (Å²) in [7, 11) is -3.16. The van der Waals surface area contributed by atoms with Crippen LogP contribution in [0.15, 0.2) is 29.4 Å². The van der Waals surface area contributed by atoms with Crippen LogP contribution in [0.1, 0.15) is 24.8 Å². The van der Waals surface area contributed by atoms with E-state index in [9.17, 15) is 18.0 Å². The largest absolute Gasteiger partial charge is 0.321 e. The molecule has 0 radical (unpaired) electrons. The van der Waals surface area contributed by atoms with E-state index in [1.54, 1.807) is 18.2 Å². The molecule has 0 bridgehead atoms. The molecule has 0 aliphatic carbocycles. The number of hydrogen-bond donors (Lipinski definition) is 1. The second-order valence-corrected chi connectivity index (χ2v) is 8.22. The fraction of sp³-hybridized carbons (Fsp3) is 0.375. The number of anilines is 1. The topological polar surface area (TPSA) is 120 Å². The van der Waals surface area contributed by atoms with Gasteiger partial charge in [-0.25, -0.2) is 13.4 Å². The van der Waals surface area contributed by atoms with E-state index >= 15 is 0 Å². The highest BCUT2D eigenvalue weighted by atomic mass is 32.2. The van der Waals surface area contributed by atoms with Gasteiger partial charge in [-0.1, -0.05) is 6.07 Å². The van der Waals surface area contributed by atoms with E-state index in [2.05, 4.69) is 10.4 Å². The zero-order valence-electron chi connectivity index (χ0n) is 13.3. The summed E-state index contributed by atoms with van der Waals surface area (Å²) in [5.74, 6) is -0.834. The smallest absolute Gasteiger partial charge is 0.271 e. The molecule has 9 heteroatoms. The number of carbonyl (C=O) groups excluding carboxylic acids is 2. The summed E-state index contributed by atoms with van der Waals surface area (Å²) in [6.45, 7) is 0. The highest BCUT2D eigenvalue weighted by molar-refractivity contribution is 7.91. The Labute approximate surface area is 145 Å². The van der Waals surface area contributed by atoms with Gasteiger partial charge in [-0.2, -0.15) is 10.4 Å². The van der Waals surface area contributed by atoms with Crippen molar-refractivity contribution < 1.29 is 18.0 Å². The van der Waals surface area contributed by atoms with E-state index in [0.29, 0.717) is 17.7 Å². The Balaban J connectivity index is 1.76. The maximum Gasteiger partial charge on any atom is 0.271 e. The summed E-state index contributed by atoms with van der Waals surface area (Å²) in [4.78, 5) is 24.4. The summed E-state index contributed by atoms with van der Waals surface area (Å²) in [5, 5.41) is 16.8. The molecular weight excluding hydrogens is 344 g/mol. The number of sulfone groups is 1. The molecule has 1 fully saturated rings. The normalized spacial score (nSPS) is 22.2. The maximum atomic E-state index is 12.4. The lowest BCUT2D eigenvalue weighted by Crippen LogP contribution is -2.42. The zero-order valence-corrected chi connectivity index (χ0v) is 14.1. The van der Waals surface area contributed by atoms with E-state index < -0.39 is 21.8 Å². The van der Waals surface area contributed by atoms with Crippen molar-refractivity contribution in [2.45, 2.75) is 25.3 Å². The predicted molar refractivity (Wildman–Crippen MR) is 90.4 cm³/mol. The molecule has 3 rings (SSSR count). The first-order chi connectivity index (χ1) is 11.9. The highest BCUT2D eigenvalue weighted by Crippen LogP contribution is 2.22. The van der Waals surface area contributed by atoms with E-state index in [4.69, 9.17) is 5.26 Å². The molecule has 2 heterocycles. The van der Waals surface area contributed by atoms with Crippen molar-refractivity contribution in [1.29, 1.82) is 5.26 Å². The van der Waals surface area contributed by atoms with Crippen LogP contribution >= 0.6 is 0 Å². The average Bonchev–Trinajstić information content (AvgIpc) is 2.95. The molecule has 2 aliphatic rings. The van der Waals surface area contributed by atoms with Crippen molar-refractivity contribution in [3.63, 3.8) is 0 Å². The third-order valence-electron chi connectivity index (χ3n) is 4.13. The minimum Gasteiger partial charge on any atom is -0.321 e. The Morgan fingerprint density at radius 3 is 2.84 bits per heavy atom. The molecule has 130 valence electrons. The first-order valence-corrected chi connectivity index (χ1v) is 9.61. The van der Waals surface area contributed by atoms with Crippen molar-refractivity contribution in [1.82, 2.24) is 5.01 Å². The van der Waals surface area contributed by atoms with Crippen LogP contribution in [0.3, 0.4) is 0 Å². The van der Waals surface area contributed by atoms with E-state index in [1.807, 2.05) is 6.07 Å². The third kappa shape index (κ3) is 3.85. The summed E-state index contributed by atoms with van der Waals surface area (Å²) < 4.78 is 23.2. The molecule has 25 heavy (non-hydrogen) atoms. The Hall–Kier alpha value is -2.73. The summed E-state index contributed by atoms with van der Waals surface area (Å²) >= 11 is 0. The molecule has 0 unspecified atom stereocenters. The van der Waals surface area contributed by atoms with Crippen molar-refractivity contribution in [3.8, 4) is 6.07 Å². The molecule has 0 spiro atoms. The maximum absolute atomic E-state index is 12.4. The molecular formula is C16H16N4O4S. The second-order valence-electron chi connectivity index (χ2n) is 5.99. The molecule has 1 N–H and O–H groups in total. The van der Waals surface area contributed by atoms with Crippen molar-refractivity contribution in [3.05, 3.63) is 29.8 Å². The van der Waals surface area contributed by atoms with Gasteiger partial charge in [0.15, 0.2) is 9.84 Å². The van der Waals surface area contributed by atoms with Gasteiger partial charge in [-0.3, -0.25) is 9.59 Å². The number of benzene rings is 1. The third-order valence-corrected chi connectivity index (χ3v) is 5.88. The Kier molecular flexibility index (Phi) is 4.55. The number of nitriles is 1. The summed E-state index contributed by atoms with van der Waals surface area (Å²) in [6, 6.07) is 7.93. The van der Waals surface area contributed by atoms with Gasteiger partial charge in [0.1, 0.15) is 5.71 Å². The summed E-state index contributed by atoms with van der Waals surface area (Å²) in [5.41, 5.74) is 1.04. The van der Waals surface area contributed by atoms with Crippen LogP contribution in [0.25, 0.3) is 0 Å². The predicted octanol–water partition coefficient (Wildman–Crippen LogP) is 0.662. The van der Waals surface area contributed by atoms with Crippen LogP contribution < -0.4 is 5.32 Å².